The summed E-state index contributed by atoms with van der Waals surface area (Å²) in [5.74, 6) is -1.70. The van der Waals surface area contributed by atoms with Gasteiger partial charge < -0.3 is 14.8 Å². The summed E-state index contributed by atoms with van der Waals surface area (Å²) in [4.78, 5) is 24.3. The second-order valence-electron chi connectivity index (χ2n) is 5.01. The second-order valence-corrected chi connectivity index (χ2v) is 5.85. The lowest BCUT2D eigenvalue weighted by Crippen LogP contribution is -2.30. The van der Waals surface area contributed by atoms with E-state index in [-0.39, 0.29) is 22.0 Å². The van der Waals surface area contributed by atoms with Crippen LogP contribution in [0, 0.1) is 5.82 Å². The number of hydrogen-bond acceptors (Lipinski definition) is 4. The molecule has 0 heterocycles. The third kappa shape index (κ3) is 4.84. The van der Waals surface area contributed by atoms with Gasteiger partial charge >= 0.3 is 5.97 Å². The van der Waals surface area contributed by atoms with Crippen LogP contribution >= 0.6 is 23.2 Å². The smallest absolute Gasteiger partial charge is 0.342 e. The molecular weight excluding hydrogens is 372 g/mol. The van der Waals surface area contributed by atoms with Gasteiger partial charge in [-0.05, 0) is 43.3 Å². The van der Waals surface area contributed by atoms with Crippen molar-refractivity contribution in [1.82, 2.24) is 0 Å². The number of carbonyl (C=O) groups is 2. The molecule has 1 atom stereocenters. The van der Waals surface area contributed by atoms with Crippen LogP contribution in [-0.4, -0.2) is 25.1 Å². The van der Waals surface area contributed by atoms with E-state index in [1.807, 2.05) is 0 Å². The van der Waals surface area contributed by atoms with Gasteiger partial charge in [-0.1, -0.05) is 23.2 Å². The first-order valence-electron chi connectivity index (χ1n) is 7.12. The summed E-state index contributed by atoms with van der Waals surface area (Å²) in [7, 11) is 1.40. The molecule has 0 aliphatic rings. The van der Waals surface area contributed by atoms with Crippen molar-refractivity contribution in [3.63, 3.8) is 0 Å². The summed E-state index contributed by atoms with van der Waals surface area (Å²) in [5.41, 5.74) is 0.374. The highest BCUT2D eigenvalue weighted by Gasteiger charge is 2.22. The van der Waals surface area contributed by atoms with Crippen LogP contribution in [0.15, 0.2) is 36.4 Å². The molecular formula is C17H14Cl2FNO4. The number of nitrogens with one attached hydrogen (secondary N) is 1. The van der Waals surface area contributed by atoms with Crippen molar-refractivity contribution >= 4 is 40.8 Å². The number of methoxy groups -OCH3 is 1. The largest absolute Gasteiger partial charge is 0.496 e. The van der Waals surface area contributed by atoms with Gasteiger partial charge in [0.15, 0.2) is 6.10 Å². The molecule has 0 aliphatic heterocycles. The standard InChI is InChI=1S/C17H14Cl2FNO4/c1-9(16(22)21-11-4-5-14(20)13(19)8-11)25-17(23)12-7-10(18)3-6-15(12)24-2/h3-9H,1-2H3,(H,21,22)/t9-/m1/s1. The Hall–Kier alpha value is -2.31. The lowest BCUT2D eigenvalue weighted by atomic mass is 10.2. The van der Waals surface area contributed by atoms with Gasteiger partial charge in [0.25, 0.3) is 5.91 Å². The van der Waals surface area contributed by atoms with Crippen molar-refractivity contribution in [2.24, 2.45) is 0 Å². The maximum absolute atomic E-state index is 13.1. The Morgan fingerprint density at radius 2 is 1.88 bits per heavy atom. The first-order chi connectivity index (χ1) is 11.8. The Labute approximate surface area is 153 Å². The number of anilines is 1. The summed E-state index contributed by atoms with van der Waals surface area (Å²) in [5, 5.41) is 2.67. The summed E-state index contributed by atoms with van der Waals surface area (Å²) in [6.07, 6.45) is -1.11. The molecule has 0 unspecified atom stereocenters. The summed E-state index contributed by atoms with van der Waals surface area (Å²) in [6.45, 7) is 1.40. The molecule has 8 heteroatoms. The third-order valence-electron chi connectivity index (χ3n) is 3.22. The number of rotatable bonds is 5. The van der Waals surface area contributed by atoms with Crippen LogP contribution in [0.25, 0.3) is 0 Å². The average Bonchev–Trinajstić information content (AvgIpc) is 2.58. The van der Waals surface area contributed by atoms with Crippen LogP contribution in [0.1, 0.15) is 17.3 Å². The fourth-order valence-corrected chi connectivity index (χ4v) is 2.29. The van der Waals surface area contributed by atoms with E-state index in [0.29, 0.717) is 5.02 Å². The lowest BCUT2D eigenvalue weighted by Gasteiger charge is -2.15. The van der Waals surface area contributed by atoms with Gasteiger partial charge in [0.1, 0.15) is 17.1 Å². The summed E-state index contributed by atoms with van der Waals surface area (Å²) < 4.78 is 23.3. The first kappa shape index (κ1) is 19.0. The van der Waals surface area contributed by atoms with Crippen LogP contribution in [0.5, 0.6) is 5.75 Å². The molecule has 0 bridgehead atoms. The monoisotopic (exact) mass is 385 g/mol. The zero-order chi connectivity index (χ0) is 18.6. The highest BCUT2D eigenvalue weighted by atomic mass is 35.5. The highest BCUT2D eigenvalue weighted by Crippen LogP contribution is 2.24. The Bertz CT molecular complexity index is 813. The zero-order valence-corrected chi connectivity index (χ0v) is 14.8. The number of ether oxygens (including phenoxy) is 2. The molecule has 2 aromatic rings. The van der Waals surface area contributed by atoms with Crippen molar-refractivity contribution in [1.29, 1.82) is 0 Å². The minimum Gasteiger partial charge on any atom is -0.496 e. The molecule has 0 aromatic heterocycles. The molecule has 0 aliphatic carbocycles. The molecule has 1 amide bonds. The van der Waals surface area contributed by atoms with Gasteiger partial charge in [-0.3, -0.25) is 4.79 Å². The predicted octanol–water partition coefficient (Wildman–Crippen LogP) is 4.33. The number of benzene rings is 2. The van der Waals surface area contributed by atoms with E-state index in [4.69, 9.17) is 32.7 Å². The number of carbonyl (C=O) groups excluding carboxylic acids is 2. The SMILES string of the molecule is COc1ccc(Cl)cc1C(=O)O[C@H](C)C(=O)Nc1ccc(F)c(Cl)c1. The van der Waals surface area contributed by atoms with Crippen LogP contribution in [0.4, 0.5) is 10.1 Å². The van der Waals surface area contributed by atoms with Crippen LogP contribution < -0.4 is 10.1 Å². The number of esters is 1. The molecule has 0 fully saturated rings. The topological polar surface area (TPSA) is 64.6 Å². The molecule has 25 heavy (non-hydrogen) atoms. The number of hydrogen-bond donors (Lipinski definition) is 1. The van der Waals surface area contributed by atoms with Crippen molar-refractivity contribution in [2.75, 3.05) is 12.4 Å². The minimum absolute atomic E-state index is 0.0967. The third-order valence-corrected chi connectivity index (χ3v) is 3.75. The van der Waals surface area contributed by atoms with Gasteiger partial charge in [0.2, 0.25) is 0 Å². The normalized spacial score (nSPS) is 11.6. The molecule has 0 radical (unpaired) electrons. The van der Waals surface area contributed by atoms with Gasteiger partial charge in [-0.2, -0.15) is 0 Å². The van der Waals surface area contributed by atoms with E-state index in [1.54, 1.807) is 6.07 Å². The van der Waals surface area contributed by atoms with E-state index >= 15 is 0 Å². The fourth-order valence-electron chi connectivity index (χ4n) is 1.94. The molecule has 2 aromatic carbocycles. The Balaban J connectivity index is 2.06. The van der Waals surface area contributed by atoms with E-state index < -0.39 is 23.8 Å². The molecule has 132 valence electrons. The molecule has 0 saturated carbocycles. The van der Waals surface area contributed by atoms with E-state index in [2.05, 4.69) is 5.32 Å². The van der Waals surface area contributed by atoms with E-state index in [0.717, 1.165) is 6.07 Å². The second kappa shape index (κ2) is 8.18. The Morgan fingerprint density at radius 3 is 2.52 bits per heavy atom. The zero-order valence-electron chi connectivity index (χ0n) is 13.3. The van der Waals surface area contributed by atoms with Gasteiger partial charge in [-0.25, -0.2) is 9.18 Å². The van der Waals surface area contributed by atoms with E-state index in [1.165, 1.54) is 38.3 Å². The van der Waals surface area contributed by atoms with E-state index in [9.17, 15) is 14.0 Å². The molecule has 5 nitrogen and oxygen atoms in total. The molecule has 2 rings (SSSR count). The molecule has 1 N–H and O–H groups in total. The van der Waals surface area contributed by atoms with Crippen molar-refractivity contribution in [2.45, 2.75) is 13.0 Å². The maximum Gasteiger partial charge on any atom is 0.342 e. The molecule has 0 saturated heterocycles. The summed E-state index contributed by atoms with van der Waals surface area (Å²) >= 11 is 11.5. The molecule has 0 spiro atoms. The first-order valence-corrected chi connectivity index (χ1v) is 7.88. The van der Waals surface area contributed by atoms with Crippen LogP contribution in [0.3, 0.4) is 0 Å². The van der Waals surface area contributed by atoms with Gasteiger partial charge in [0, 0.05) is 10.7 Å². The average molecular weight is 386 g/mol. The van der Waals surface area contributed by atoms with Crippen LogP contribution in [-0.2, 0) is 9.53 Å². The summed E-state index contributed by atoms with van der Waals surface area (Å²) in [6, 6.07) is 8.17. The highest BCUT2D eigenvalue weighted by molar-refractivity contribution is 6.31. The quantitative estimate of drug-likeness (QED) is 0.778. The van der Waals surface area contributed by atoms with Crippen molar-refractivity contribution in [3.05, 3.63) is 57.8 Å². The van der Waals surface area contributed by atoms with Gasteiger partial charge in [0.05, 0.1) is 12.1 Å². The fraction of sp³-hybridized carbons (Fsp3) is 0.176. The minimum atomic E-state index is -1.11. The van der Waals surface area contributed by atoms with Crippen LogP contribution in [0.2, 0.25) is 10.0 Å². The predicted molar refractivity (Wildman–Crippen MR) is 92.9 cm³/mol. The Kier molecular flexibility index (Phi) is 6.22. The van der Waals surface area contributed by atoms with Crippen molar-refractivity contribution < 1.29 is 23.5 Å². The van der Waals surface area contributed by atoms with Crippen molar-refractivity contribution in [3.8, 4) is 5.75 Å². The number of halogens is 3. The number of amides is 1. The Morgan fingerprint density at radius 1 is 1.16 bits per heavy atom. The maximum atomic E-state index is 13.1. The van der Waals surface area contributed by atoms with Gasteiger partial charge in [-0.15, -0.1) is 0 Å². The lowest BCUT2D eigenvalue weighted by molar-refractivity contribution is -0.123.